The Morgan fingerprint density at radius 2 is 1.70 bits per heavy atom. The van der Waals surface area contributed by atoms with Gasteiger partial charge in [0.2, 0.25) is 5.82 Å². The Hall–Kier alpha value is -3.32. The first kappa shape index (κ1) is 17.1. The lowest BCUT2D eigenvalue weighted by molar-refractivity contribution is 0.102. The number of anilines is 1. The Labute approximate surface area is 163 Å². The van der Waals surface area contributed by atoms with Crippen LogP contribution in [-0.2, 0) is 0 Å². The summed E-state index contributed by atoms with van der Waals surface area (Å²) in [6.45, 7) is 0. The molecule has 27 heavy (non-hydrogen) atoms. The second-order valence-electron chi connectivity index (χ2n) is 5.67. The Morgan fingerprint density at radius 1 is 0.963 bits per heavy atom. The number of halogens is 1. The van der Waals surface area contributed by atoms with Crippen molar-refractivity contribution in [3.05, 3.63) is 83.1 Å². The van der Waals surface area contributed by atoms with Crippen LogP contribution in [0.5, 0.6) is 0 Å². The number of nitrogens with zero attached hydrogens (tertiary/aromatic N) is 3. The van der Waals surface area contributed by atoms with Crippen LogP contribution in [-0.4, -0.2) is 21.0 Å². The molecule has 1 amide bonds. The molecule has 0 unspecified atom stereocenters. The Morgan fingerprint density at radius 3 is 2.48 bits per heavy atom. The quantitative estimate of drug-likeness (QED) is 0.511. The van der Waals surface area contributed by atoms with Crippen molar-refractivity contribution < 1.29 is 9.32 Å². The largest absolute Gasteiger partial charge is 0.334 e. The van der Waals surface area contributed by atoms with Crippen molar-refractivity contribution in [2.24, 2.45) is 0 Å². The number of benzene rings is 2. The summed E-state index contributed by atoms with van der Waals surface area (Å²) in [5, 5.41) is 6.92. The third-order valence-electron chi connectivity index (χ3n) is 3.88. The predicted molar refractivity (Wildman–Crippen MR) is 105 cm³/mol. The summed E-state index contributed by atoms with van der Waals surface area (Å²) in [5.41, 5.74) is 2.60. The molecule has 2 aromatic heterocycles. The number of pyridine rings is 1. The Balaban J connectivity index is 1.63. The van der Waals surface area contributed by atoms with Gasteiger partial charge < -0.3 is 9.84 Å². The molecule has 0 aliphatic rings. The molecule has 0 radical (unpaired) electrons. The van der Waals surface area contributed by atoms with Gasteiger partial charge >= 0.3 is 0 Å². The van der Waals surface area contributed by atoms with Crippen LogP contribution >= 0.6 is 15.9 Å². The molecule has 0 atom stereocenters. The fourth-order valence-electron chi connectivity index (χ4n) is 2.53. The van der Waals surface area contributed by atoms with Crippen molar-refractivity contribution in [2.75, 3.05) is 5.32 Å². The van der Waals surface area contributed by atoms with E-state index in [-0.39, 0.29) is 5.91 Å². The normalized spacial score (nSPS) is 10.6. The third kappa shape index (κ3) is 3.78. The van der Waals surface area contributed by atoms with Gasteiger partial charge in [-0.25, -0.2) is 0 Å². The summed E-state index contributed by atoms with van der Waals surface area (Å²) in [6.07, 6.45) is 3.33. The van der Waals surface area contributed by atoms with Crippen LogP contribution in [0.25, 0.3) is 22.8 Å². The second-order valence-corrected chi connectivity index (χ2v) is 6.58. The van der Waals surface area contributed by atoms with Crippen molar-refractivity contribution >= 4 is 27.5 Å². The summed E-state index contributed by atoms with van der Waals surface area (Å²) in [7, 11) is 0. The number of carbonyl (C=O) groups excluding carboxylic acids is 1. The highest BCUT2D eigenvalue weighted by Gasteiger charge is 2.16. The highest BCUT2D eigenvalue weighted by molar-refractivity contribution is 9.10. The summed E-state index contributed by atoms with van der Waals surface area (Å²) < 4.78 is 6.32. The van der Waals surface area contributed by atoms with Crippen LogP contribution in [0.15, 0.2) is 82.1 Å². The molecule has 6 nitrogen and oxygen atoms in total. The maximum atomic E-state index is 12.5. The first-order valence-electron chi connectivity index (χ1n) is 8.11. The monoisotopic (exact) mass is 420 g/mol. The van der Waals surface area contributed by atoms with Crippen molar-refractivity contribution in [2.45, 2.75) is 0 Å². The number of aromatic nitrogens is 3. The van der Waals surface area contributed by atoms with Gasteiger partial charge in [-0.15, -0.1) is 0 Å². The smallest absolute Gasteiger partial charge is 0.260 e. The van der Waals surface area contributed by atoms with E-state index in [9.17, 15) is 4.79 Å². The number of amides is 1. The summed E-state index contributed by atoms with van der Waals surface area (Å²) in [4.78, 5) is 21.0. The van der Waals surface area contributed by atoms with Gasteiger partial charge in [0.15, 0.2) is 0 Å². The molecule has 0 bridgehead atoms. The van der Waals surface area contributed by atoms with Gasteiger partial charge in [-0.2, -0.15) is 4.98 Å². The molecule has 0 aliphatic carbocycles. The van der Waals surface area contributed by atoms with E-state index < -0.39 is 0 Å². The highest BCUT2D eigenvalue weighted by Crippen LogP contribution is 2.28. The molecule has 4 rings (SSSR count). The van der Waals surface area contributed by atoms with Gasteiger partial charge in [0.1, 0.15) is 0 Å². The highest BCUT2D eigenvalue weighted by atomic mass is 79.9. The summed E-state index contributed by atoms with van der Waals surface area (Å²) >= 11 is 3.36. The number of carbonyl (C=O) groups is 1. The molecular weight excluding hydrogens is 408 g/mol. The molecule has 0 saturated carbocycles. The Kier molecular flexibility index (Phi) is 4.76. The van der Waals surface area contributed by atoms with E-state index in [1.54, 1.807) is 42.7 Å². The van der Waals surface area contributed by atoms with Crippen molar-refractivity contribution in [1.29, 1.82) is 0 Å². The first-order chi connectivity index (χ1) is 13.2. The van der Waals surface area contributed by atoms with Gasteiger partial charge in [-0.1, -0.05) is 33.2 Å². The van der Waals surface area contributed by atoms with Crippen LogP contribution in [0.1, 0.15) is 10.4 Å². The molecule has 1 N–H and O–H groups in total. The van der Waals surface area contributed by atoms with Crippen LogP contribution in [0.4, 0.5) is 5.69 Å². The molecule has 7 heteroatoms. The molecule has 2 heterocycles. The predicted octanol–water partition coefficient (Wildman–Crippen LogP) is 4.81. The van der Waals surface area contributed by atoms with E-state index in [1.807, 2.05) is 30.3 Å². The standard InChI is InChI=1S/C20H13BrN4O2/c21-15-7-5-14(6-8-15)19(26)23-17-4-2-1-3-16(17)20-24-18(25-27-20)13-9-11-22-12-10-13/h1-12H,(H,23,26). The van der Waals surface area contributed by atoms with Gasteiger partial charge in [0, 0.05) is 28.0 Å². The van der Waals surface area contributed by atoms with Gasteiger partial charge in [-0.3, -0.25) is 9.78 Å². The minimum Gasteiger partial charge on any atom is -0.334 e. The minimum atomic E-state index is -0.219. The van der Waals surface area contributed by atoms with Crippen molar-refractivity contribution in [1.82, 2.24) is 15.1 Å². The second kappa shape index (κ2) is 7.51. The summed E-state index contributed by atoms with van der Waals surface area (Å²) in [6, 6.07) is 18.0. The van der Waals surface area contributed by atoms with Crippen LogP contribution in [0, 0.1) is 0 Å². The topological polar surface area (TPSA) is 80.9 Å². The van der Waals surface area contributed by atoms with E-state index in [0.717, 1.165) is 10.0 Å². The lowest BCUT2D eigenvalue weighted by Gasteiger charge is -2.08. The number of hydrogen-bond acceptors (Lipinski definition) is 5. The maximum absolute atomic E-state index is 12.5. The van der Waals surface area contributed by atoms with Crippen molar-refractivity contribution in [3.8, 4) is 22.8 Å². The Bertz CT molecular complexity index is 1080. The zero-order valence-corrected chi connectivity index (χ0v) is 15.6. The molecule has 2 aromatic carbocycles. The van der Waals surface area contributed by atoms with Crippen molar-refractivity contribution in [3.63, 3.8) is 0 Å². The fraction of sp³-hybridized carbons (Fsp3) is 0. The van der Waals surface area contributed by atoms with E-state index in [0.29, 0.717) is 28.5 Å². The fourth-order valence-corrected chi connectivity index (χ4v) is 2.79. The number of rotatable bonds is 4. The van der Waals surface area contributed by atoms with E-state index >= 15 is 0 Å². The molecule has 0 fully saturated rings. The number of para-hydroxylation sites is 1. The lowest BCUT2D eigenvalue weighted by Crippen LogP contribution is -2.12. The van der Waals surface area contributed by atoms with Crippen LogP contribution in [0.2, 0.25) is 0 Å². The SMILES string of the molecule is O=C(Nc1ccccc1-c1nc(-c2ccncc2)no1)c1ccc(Br)cc1. The molecule has 132 valence electrons. The minimum absolute atomic E-state index is 0.219. The average molecular weight is 421 g/mol. The van der Waals surface area contributed by atoms with Crippen LogP contribution < -0.4 is 5.32 Å². The third-order valence-corrected chi connectivity index (χ3v) is 4.41. The van der Waals surface area contributed by atoms with Crippen LogP contribution in [0.3, 0.4) is 0 Å². The summed E-state index contributed by atoms with van der Waals surface area (Å²) in [5.74, 6) is 0.568. The van der Waals surface area contributed by atoms with E-state index in [2.05, 4.69) is 36.4 Å². The van der Waals surface area contributed by atoms with Gasteiger partial charge in [0.05, 0.1) is 11.3 Å². The molecule has 0 saturated heterocycles. The average Bonchev–Trinajstić information content (AvgIpc) is 3.19. The molecular formula is C20H13BrN4O2. The van der Waals surface area contributed by atoms with E-state index in [1.165, 1.54) is 0 Å². The number of hydrogen-bond donors (Lipinski definition) is 1. The number of nitrogens with one attached hydrogen (secondary N) is 1. The molecule has 4 aromatic rings. The molecule has 0 aliphatic heterocycles. The maximum Gasteiger partial charge on any atom is 0.260 e. The zero-order valence-electron chi connectivity index (χ0n) is 14.0. The van der Waals surface area contributed by atoms with Gasteiger partial charge in [0.25, 0.3) is 11.8 Å². The van der Waals surface area contributed by atoms with E-state index in [4.69, 9.17) is 4.52 Å². The lowest BCUT2D eigenvalue weighted by atomic mass is 10.1. The molecule has 0 spiro atoms. The van der Waals surface area contributed by atoms with Gasteiger partial charge in [-0.05, 0) is 48.5 Å². The zero-order chi connectivity index (χ0) is 18.6. The first-order valence-corrected chi connectivity index (χ1v) is 8.90.